The van der Waals surface area contributed by atoms with E-state index in [1.165, 1.54) is 0 Å². The molecule has 0 aliphatic carbocycles. The quantitative estimate of drug-likeness (QED) is 0.732. The Bertz CT molecular complexity index is 957. The van der Waals surface area contributed by atoms with Crippen molar-refractivity contribution in [1.82, 2.24) is 15.3 Å². The van der Waals surface area contributed by atoms with Gasteiger partial charge in [0, 0.05) is 30.6 Å². The van der Waals surface area contributed by atoms with Crippen LogP contribution in [0.1, 0.15) is 26.2 Å². The molecule has 1 amide bonds. The zero-order valence-electron chi connectivity index (χ0n) is 16.3. The third-order valence-corrected chi connectivity index (χ3v) is 5.26. The van der Waals surface area contributed by atoms with Crippen LogP contribution in [0, 0.1) is 5.92 Å². The molecule has 5 nitrogen and oxygen atoms in total. The molecule has 0 saturated carbocycles. The Morgan fingerprint density at radius 2 is 1.89 bits per heavy atom. The molecule has 0 radical (unpaired) electrons. The Morgan fingerprint density at radius 1 is 1.11 bits per heavy atom. The lowest BCUT2D eigenvalue weighted by Crippen LogP contribution is -2.43. The summed E-state index contributed by atoms with van der Waals surface area (Å²) in [6, 6.07) is 18.2. The number of hydrogen-bond donors (Lipinski definition) is 1. The maximum Gasteiger partial charge on any atom is 0.224 e. The van der Waals surface area contributed by atoms with Crippen LogP contribution in [0.4, 0.5) is 5.82 Å². The molecular weight excluding hydrogens is 348 g/mol. The van der Waals surface area contributed by atoms with Gasteiger partial charge in [-0.2, -0.15) is 0 Å². The maximum absolute atomic E-state index is 12.5. The van der Waals surface area contributed by atoms with E-state index in [9.17, 15) is 4.79 Å². The van der Waals surface area contributed by atoms with Crippen molar-refractivity contribution in [3.63, 3.8) is 0 Å². The lowest BCUT2D eigenvalue weighted by Gasteiger charge is -2.33. The van der Waals surface area contributed by atoms with E-state index in [1.807, 2.05) is 48.5 Å². The number of nitrogens with one attached hydrogen (secondary N) is 1. The number of rotatable bonds is 5. The van der Waals surface area contributed by atoms with Crippen molar-refractivity contribution >= 4 is 22.6 Å². The Morgan fingerprint density at radius 3 is 2.71 bits per heavy atom. The lowest BCUT2D eigenvalue weighted by atomic mass is 9.96. The molecule has 5 heteroatoms. The predicted octanol–water partition coefficient (Wildman–Crippen LogP) is 4.04. The molecule has 1 N–H and O–H groups in total. The number of fused-ring (bicyclic) bond motifs is 1. The van der Waals surface area contributed by atoms with Gasteiger partial charge in [-0.15, -0.1) is 0 Å². The first kappa shape index (κ1) is 18.4. The Labute approximate surface area is 165 Å². The third-order valence-electron chi connectivity index (χ3n) is 5.26. The van der Waals surface area contributed by atoms with Gasteiger partial charge in [-0.25, -0.2) is 9.97 Å². The highest BCUT2D eigenvalue weighted by Crippen LogP contribution is 2.30. The molecule has 1 fully saturated rings. The number of benzene rings is 2. The molecule has 0 spiro atoms. The summed E-state index contributed by atoms with van der Waals surface area (Å²) in [5.74, 6) is 1.83. The van der Waals surface area contributed by atoms with E-state index in [2.05, 4.69) is 23.2 Å². The summed E-state index contributed by atoms with van der Waals surface area (Å²) in [5.41, 5.74) is 1.94. The summed E-state index contributed by atoms with van der Waals surface area (Å²) >= 11 is 0. The van der Waals surface area contributed by atoms with Gasteiger partial charge in [0.25, 0.3) is 0 Å². The predicted molar refractivity (Wildman–Crippen MR) is 113 cm³/mol. The van der Waals surface area contributed by atoms with Gasteiger partial charge in [0.15, 0.2) is 5.82 Å². The summed E-state index contributed by atoms with van der Waals surface area (Å²) in [4.78, 5) is 24.5. The highest BCUT2D eigenvalue weighted by atomic mass is 16.1. The van der Waals surface area contributed by atoms with E-state index in [0.717, 1.165) is 60.5 Å². The number of anilines is 1. The van der Waals surface area contributed by atoms with Crippen LogP contribution in [0.5, 0.6) is 0 Å². The minimum Gasteiger partial charge on any atom is -0.356 e. The fourth-order valence-corrected chi connectivity index (χ4v) is 3.79. The van der Waals surface area contributed by atoms with E-state index in [-0.39, 0.29) is 11.8 Å². The van der Waals surface area contributed by atoms with Crippen molar-refractivity contribution in [1.29, 1.82) is 0 Å². The molecule has 0 bridgehead atoms. The van der Waals surface area contributed by atoms with E-state index in [0.29, 0.717) is 6.54 Å². The van der Waals surface area contributed by atoms with Crippen molar-refractivity contribution in [2.45, 2.75) is 26.2 Å². The average Bonchev–Trinajstić information content (AvgIpc) is 2.77. The third kappa shape index (κ3) is 3.84. The SMILES string of the molecule is CCCNC(=O)C1CCCN(c2nc(-c3ccccc3)nc3ccccc23)C1. The minimum absolute atomic E-state index is 0.00852. The van der Waals surface area contributed by atoms with E-state index in [1.54, 1.807) is 0 Å². The molecule has 1 unspecified atom stereocenters. The van der Waals surface area contributed by atoms with E-state index < -0.39 is 0 Å². The second-order valence-electron chi connectivity index (χ2n) is 7.33. The van der Waals surface area contributed by atoms with Gasteiger partial charge in [-0.05, 0) is 31.4 Å². The molecular formula is C23H26N4O. The highest BCUT2D eigenvalue weighted by molar-refractivity contribution is 5.91. The largest absolute Gasteiger partial charge is 0.356 e. The number of aromatic nitrogens is 2. The number of nitrogens with zero attached hydrogens (tertiary/aromatic N) is 3. The molecule has 2 aromatic carbocycles. The molecule has 2 heterocycles. The summed E-state index contributed by atoms with van der Waals surface area (Å²) in [7, 11) is 0. The summed E-state index contributed by atoms with van der Waals surface area (Å²) in [6.45, 7) is 4.42. The van der Waals surface area contributed by atoms with Crippen LogP contribution in [0.2, 0.25) is 0 Å². The van der Waals surface area contributed by atoms with Gasteiger partial charge >= 0.3 is 0 Å². The number of amides is 1. The van der Waals surface area contributed by atoms with Crippen LogP contribution in [0.25, 0.3) is 22.3 Å². The number of carbonyl (C=O) groups is 1. The number of piperidine rings is 1. The zero-order chi connectivity index (χ0) is 19.3. The molecule has 1 atom stereocenters. The molecule has 3 aromatic rings. The topological polar surface area (TPSA) is 58.1 Å². The molecule has 1 saturated heterocycles. The van der Waals surface area contributed by atoms with Crippen molar-refractivity contribution in [2.24, 2.45) is 5.92 Å². The van der Waals surface area contributed by atoms with Crippen LogP contribution in [0.15, 0.2) is 54.6 Å². The summed E-state index contributed by atoms with van der Waals surface area (Å²) < 4.78 is 0. The maximum atomic E-state index is 12.5. The van der Waals surface area contributed by atoms with Gasteiger partial charge in [0.05, 0.1) is 11.4 Å². The average molecular weight is 374 g/mol. The first-order valence-electron chi connectivity index (χ1n) is 10.1. The van der Waals surface area contributed by atoms with Gasteiger partial charge < -0.3 is 10.2 Å². The van der Waals surface area contributed by atoms with Crippen LogP contribution >= 0.6 is 0 Å². The zero-order valence-corrected chi connectivity index (χ0v) is 16.3. The Hall–Kier alpha value is -2.95. The Kier molecular flexibility index (Phi) is 5.51. The fraction of sp³-hybridized carbons (Fsp3) is 0.348. The first-order valence-corrected chi connectivity index (χ1v) is 10.1. The first-order chi connectivity index (χ1) is 13.8. The van der Waals surface area contributed by atoms with Crippen molar-refractivity contribution in [3.05, 3.63) is 54.6 Å². The minimum atomic E-state index is 0.00852. The van der Waals surface area contributed by atoms with E-state index in [4.69, 9.17) is 9.97 Å². The fourth-order valence-electron chi connectivity index (χ4n) is 3.79. The van der Waals surface area contributed by atoms with Gasteiger partial charge in [0.1, 0.15) is 5.82 Å². The molecule has 1 aliphatic rings. The molecule has 144 valence electrons. The van der Waals surface area contributed by atoms with Crippen LogP contribution in [0.3, 0.4) is 0 Å². The Balaban J connectivity index is 1.70. The van der Waals surface area contributed by atoms with Crippen LogP contribution in [-0.4, -0.2) is 35.5 Å². The monoisotopic (exact) mass is 374 g/mol. The van der Waals surface area contributed by atoms with Crippen molar-refractivity contribution in [3.8, 4) is 11.4 Å². The number of hydrogen-bond acceptors (Lipinski definition) is 4. The molecule has 1 aromatic heterocycles. The second kappa shape index (κ2) is 8.38. The van der Waals surface area contributed by atoms with Gasteiger partial charge in [-0.1, -0.05) is 49.4 Å². The van der Waals surface area contributed by atoms with Crippen LogP contribution in [-0.2, 0) is 4.79 Å². The second-order valence-corrected chi connectivity index (χ2v) is 7.33. The van der Waals surface area contributed by atoms with E-state index >= 15 is 0 Å². The summed E-state index contributed by atoms with van der Waals surface area (Å²) in [6.07, 6.45) is 2.88. The summed E-state index contributed by atoms with van der Waals surface area (Å²) in [5, 5.41) is 4.09. The lowest BCUT2D eigenvalue weighted by molar-refractivity contribution is -0.125. The highest BCUT2D eigenvalue weighted by Gasteiger charge is 2.27. The van der Waals surface area contributed by atoms with Crippen molar-refractivity contribution < 1.29 is 4.79 Å². The normalized spacial score (nSPS) is 16.9. The van der Waals surface area contributed by atoms with Crippen molar-refractivity contribution in [2.75, 3.05) is 24.5 Å². The standard InChI is InChI=1S/C23H26N4O/c1-2-14-24-23(28)18-11-8-15-27(16-18)22-19-12-6-7-13-20(19)25-21(26-22)17-9-4-3-5-10-17/h3-7,9-10,12-13,18H,2,8,11,14-16H2,1H3,(H,24,28). The van der Waals surface area contributed by atoms with Crippen LogP contribution < -0.4 is 10.2 Å². The molecule has 28 heavy (non-hydrogen) atoms. The number of para-hydroxylation sites is 1. The van der Waals surface area contributed by atoms with Gasteiger partial charge in [-0.3, -0.25) is 4.79 Å². The van der Waals surface area contributed by atoms with Gasteiger partial charge in [0.2, 0.25) is 5.91 Å². The smallest absolute Gasteiger partial charge is 0.224 e. The molecule has 4 rings (SSSR count). The number of carbonyl (C=O) groups excluding carboxylic acids is 1. The molecule has 1 aliphatic heterocycles.